The molecule has 0 N–H and O–H groups in total. The Morgan fingerprint density at radius 3 is 2.81 bits per heavy atom. The molecule has 8 heteroatoms. The van der Waals surface area contributed by atoms with E-state index in [4.69, 9.17) is 9.47 Å². The molecule has 1 fully saturated rings. The molecular weight excluding hydrogens is 430 g/mol. The zero-order valence-electron chi connectivity index (χ0n) is 16.0. The van der Waals surface area contributed by atoms with Gasteiger partial charge in [0.05, 0.1) is 9.99 Å². The van der Waals surface area contributed by atoms with Crippen molar-refractivity contribution in [1.29, 1.82) is 0 Å². The molecule has 0 spiro atoms. The molecule has 0 radical (unpaired) electrons. The van der Waals surface area contributed by atoms with Gasteiger partial charge in [0, 0.05) is 30.6 Å². The molecule has 3 rings (SSSR count). The van der Waals surface area contributed by atoms with Crippen molar-refractivity contribution < 1.29 is 14.3 Å². The van der Waals surface area contributed by atoms with Crippen LogP contribution < -0.4 is 4.74 Å². The third-order valence-corrected chi connectivity index (χ3v) is 5.31. The maximum Gasteiger partial charge on any atom is 0.413 e. The molecule has 146 valence electrons. The molecule has 1 aliphatic heterocycles. The first-order valence-electron chi connectivity index (χ1n) is 8.93. The summed E-state index contributed by atoms with van der Waals surface area (Å²) in [6, 6.07) is 3.83. The van der Waals surface area contributed by atoms with Gasteiger partial charge in [0.2, 0.25) is 0 Å². The number of ether oxygens (including phenoxy) is 2. The fraction of sp³-hybridized carbons (Fsp3) is 0.526. The Bertz CT molecular complexity index is 841. The summed E-state index contributed by atoms with van der Waals surface area (Å²) >= 11 is 5.06. The summed E-state index contributed by atoms with van der Waals surface area (Å²) in [5.74, 6) is 0.661. The SMILES string of the molecule is CSc1ncc2cc(Br)c(OC3CCCCN3C(=O)OC(C)(C)C)cc2n1. The number of piperidine rings is 1. The smallest absolute Gasteiger partial charge is 0.413 e. The maximum absolute atomic E-state index is 12.6. The first-order valence-corrected chi connectivity index (χ1v) is 10.9. The van der Waals surface area contributed by atoms with Gasteiger partial charge < -0.3 is 9.47 Å². The van der Waals surface area contributed by atoms with Crippen LogP contribution in [0, 0.1) is 0 Å². The third-order valence-electron chi connectivity index (χ3n) is 4.13. The van der Waals surface area contributed by atoms with Crippen molar-refractivity contribution in [1.82, 2.24) is 14.9 Å². The monoisotopic (exact) mass is 453 g/mol. The van der Waals surface area contributed by atoms with E-state index in [1.165, 1.54) is 11.8 Å². The van der Waals surface area contributed by atoms with Crippen LogP contribution in [0.25, 0.3) is 10.9 Å². The van der Waals surface area contributed by atoms with E-state index in [2.05, 4.69) is 25.9 Å². The molecule has 27 heavy (non-hydrogen) atoms. The summed E-state index contributed by atoms with van der Waals surface area (Å²) in [6.45, 7) is 6.23. The van der Waals surface area contributed by atoms with Gasteiger partial charge in [-0.2, -0.15) is 0 Å². The molecule has 2 heterocycles. The van der Waals surface area contributed by atoms with E-state index >= 15 is 0 Å². The van der Waals surface area contributed by atoms with Crippen LogP contribution in [0.4, 0.5) is 4.79 Å². The second-order valence-electron chi connectivity index (χ2n) is 7.44. The number of benzene rings is 1. The number of carbonyl (C=O) groups is 1. The molecule has 1 unspecified atom stereocenters. The van der Waals surface area contributed by atoms with Gasteiger partial charge >= 0.3 is 6.09 Å². The molecule has 0 bridgehead atoms. The number of carbonyl (C=O) groups excluding carboxylic acids is 1. The van der Waals surface area contributed by atoms with Gasteiger partial charge in [0.1, 0.15) is 11.4 Å². The van der Waals surface area contributed by atoms with Crippen molar-refractivity contribution in [2.45, 2.75) is 57.0 Å². The highest BCUT2D eigenvalue weighted by Crippen LogP contribution is 2.33. The average molecular weight is 454 g/mol. The lowest BCUT2D eigenvalue weighted by Crippen LogP contribution is -2.48. The van der Waals surface area contributed by atoms with Gasteiger partial charge in [0.15, 0.2) is 11.4 Å². The minimum Gasteiger partial charge on any atom is -0.469 e. The molecule has 6 nitrogen and oxygen atoms in total. The van der Waals surface area contributed by atoms with E-state index < -0.39 is 5.60 Å². The van der Waals surface area contributed by atoms with Crippen LogP contribution in [0.1, 0.15) is 40.0 Å². The fourth-order valence-corrected chi connectivity index (χ4v) is 3.71. The van der Waals surface area contributed by atoms with E-state index in [1.807, 2.05) is 39.2 Å². The predicted molar refractivity (Wildman–Crippen MR) is 110 cm³/mol. The van der Waals surface area contributed by atoms with Gasteiger partial charge in [-0.1, -0.05) is 11.8 Å². The Morgan fingerprint density at radius 1 is 1.33 bits per heavy atom. The normalized spacial score (nSPS) is 17.8. The van der Waals surface area contributed by atoms with E-state index in [1.54, 1.807) is 11.1 Å². The van der Waals surface area contributed by atoms with Crippen molar-refractivity contribution in [2.75, 3.05) is 12.8 Å². The summed E-state index contributed by atoms with van der Waals surface area (Å²) in [7, 11) is 0. The molecule has 1 aliphatic rings. The Balaban J connectivity index is 1.85. The molecule has 0 aliphatic carbocycles. The summed E-state index contributed by atoms with van der Waals surface area (Å²) in [5, 5.41) is 1.64. The number of halogens is 1. The van der Waals surface area contributed by atoms with Crippen LogP contribution in [0.2, 0.25) is 0 Å². The van der Waals surface area contributed by atoms with Gasteiger partial charge in [0.25, 0.3) is 0 Å². The highest BCUT2D eigenvalue weighted by molar-refractivity contribution is 9.10. The number of hydrogen-bond acceptors (Lipinski definition) is 6. The molecule has 0 saturated carbocycles. The number of fused-ring (bicyclic) bond motifs is 1. The lowest BCUT2D eigenvalue weighted by molar-refractivity contribution is -0.0343. The van der Waals surface area contributed by atoms with E-state index in [9.17, 15) is 4.79 Å². The number of rotatable bonds is 3. The van der Waals surface area contributed by atoms with Crippen LogP contribution in [-0.4, -0.2) is 45.6 Å². The van der Waals surface area contributed by atoms with E-state index in [0.29, 0.717) is 17.5 Å². The molecule has 1 aromatic heterocycles. The zero-order chi connectivity index (χ0) is 19.6. The predicted octanol–water partition coefficient (Wildman–Crippen LogP) is 5.24. The summed E-state index contributed by atoms with van der Waals surface area (Å²) in [5.41, 5.74) is 0.278. The number of hydrogen-bond donors (Lipinski definition) is 0. The van der Waals surface area contributed by atoms with Crippen molar-refractivity contribution in [3.63, 3.8) is 0 Å². The average Bonchev–Trinajstić information content (AvgIpc) is 2.61. The van der Waals surface area contributed by atoms with Crippen LogP contribution in [0.5, 0.6) is 5.75 Å². The van der Waals surface area contributed by atoms with Crippen molar-refractivity contribution >= 4 is 44.7 Å². The number of amides is 1. The Morgan fingerprint density at radius 2 is 2.11 bits per heavy atom. The second-order valence-corrected chi connectivity index (χ2v) is 9.07. The topological polar surface area (TPSA) is 64.5 Å². The summed E-state index contributed by atoms with van der Waals surface area (Å²) in [4.78, 5) is 23.1. The Labute approximate surface area is 172 Å². The van der Waals surface area contributed by atoms with Crippen LogP contribution in [0.3, 0.4) is 0 Å². The second kappa shape index (κ2) is 8.22. The highest BCUT2D eigenvalue weighted by Gasteiger charge is 2.32. The number of aromatic nitrogens is 2. The third kappa shape index (κ3) is 5.04. The minimum atomic E-state index is -0.534. The summed E-state index contributed by atoms with van der Waals surface area (Å²) < 4.78 is 12.6. The van der Waals surface area contributed by atoms with Crippen molar-refractivity contribution in [3.8, 4) is 5.75 Å². The maximum atomic E-state index is 12.6. The minimum absolute atomic E-state index is 0.337. The Hall–Kier alpha value is -1.54. The van der Waals surface area contributed by atoms with E-state index in [-0.39, 0.29) is 12.3 Å². The van der Waals surface area contributed by atoms with Crippen LogP contribution >= 0.6 is 27.7 Å². The standard InChI is InChI=1S/C19H24BrN3O3S/c1-19(2,3)26-18(24)23-8-6-5-7-16(23)25-15-10-14-12(9-13(15)20)11-21-17(22-14)27-4/h9-11,16H,5-8H2,1-4H3. The van der Waals surface area contributed by atoms with Gasteiger partial charge in [-0.05, 0) is 61.9 Å². The van der Waals surface area contributed by atoms with Crippen LogP contribution in [0.15, 0.2) is 28.0 Å². The lowest BCUT2D eigenvalue weighted by atomic mass is 10.1. The number of nitrogens with zero attached hydrogens (tertiary/aromatic N) is 3. The number of thioether (sulfide) groups is 1. The highest BCUT2D eigenvalue weighted by atomic mass is 79.9. The molecular formula is C19H24BrN3O3S. The molecule has 2 aromatic rings. The first-order chi connectivity index (χ1) is 12.8. The number of likely N-dealkylation sites (tertiary alicyclic amines) is 1. The Kier molecular flexibility index (Phi) is 6.15. The molecule has 1 atom stereocenters. The van der Waals surface area contributed by atoms with Gasteiger partial charge in [-0.3, -0.25) is 4.90 Å². The first kappa shape index (κ1) is 20.2. The largest absolute Gasteiger partial charge is 0.469 e. The van der Waals surface area contributed by atoms with Gasteiger partial charge in [-0.25, -0.2) is 14.8 Å². The van der Waals surface area contributed by atoms with Gasteiger partial charge in [-0.15, -0.1) is 0 Å². The van der Waals surface area contributed by atoms with E-state index in [0.717, 1.165) is 34.6 Å². The molecule has 1 amide bonds. The molecule has 1 saturated heterocycles. The van der Waals surface area contributed by atoms with Crippen LogP contribution in [-0.2, 0) is 4.74 Å². The summed E-state index contributed by atoms with van der Waals surface area (Å²) in [6.07, 6.45) is 5.77. The quantitative estimate of drug-likeness (QED) is 0.467. The van der Waals surface area contributed by atoms with Crippen molar-refractivity contribution in [2.24, 2.45) is 0 Å². The lowest BCUT2D eigenvalue weighted by Gasteiger charge is -2.36. The fourth-order valence-electron chi connectivity index (χ4n) is 2.90. The van der Waals surface area contributed by atoms with Crippen molar-refractivity contribution in [3.05, 3.63) is 22.8 Å². The zero-order valence-corrected chi connectivity index (χ0v) is 18.4. The molecule has 1 aromatic carbocycles.